The van der Waals surface area contributed by atoms with E-state index in [0.29, 0.717) is 23.4 Å². The lowest BCUT2D eigenvalue weighted by Gasteiger charge is -2.27. The number of rotatable bonds is 5. The summed E-state index contributed by atoms with van der Waals surface area (Å²) < 4.78 is 7.65. The van der Waals surface area contributed by atoms with E-state index >= 15 is 0 Å². The molecule has 2 bridgehead atoms. The van der Waals surface area contributed by atoms with Gasteiger partial charge in [-0.2, -0.15) is 0 Å². The highest BCUT2D eigenvalue weighted by Gasteiger charge is 2.49. The first-order chi connectivity index (χ1) is 15.4. The van der Waals surface area contributed by atoms with E-state index in [0.717, 1.165) is 41.9 Å². The van der Waals surface area contributed by atoms with Crippen LogP contribution in [0.1, 0.15) is 35.8 Å². The fourth-order valence-corrected chi connectivity index (χ4v) is 5.49. The van der Waals surface area contributed by atoms with Crippen LogP contribution in [0.25, 0.3) is 22.4 Å². The number of carbonyl (C=O) groups is 2. The average Bonchev–Trinajstić information content (AvgIpc) is 3.55. The minimum Gasteiger partial charge on any atom is -0.494 e. The molecule has 3 N–H and O–H groups in total. The van der Waals surface area contributed by atoms with Gasteiger partial charge in [-0.3, -0.25) is 4.79 Å². The number of aromatic amines is 1. The second-order valence-corrected chi connectivity index (χ2v) is 8.60. The maximum absolute atomic E-state index is 13.5. The molecule has 0 spiro atoms. The first-order valence-electron chi connectivity index (χ1n) is 10.9. The molecular formula is C23H27N5O4. The number of carbonyl (C=O) groups excluding carboxylic acids is 1. The first kappa shape index (κ1) is 20.4. The molecule has 5 rings (SSSR count). The normalized spacial score (nSPS) is 22.0. The van der Waals surface area contributed by atoms with Gasteiger partial charge in [0.2, 0.25) is 0 Å². The Balaban J connectivity index is 1.53. The molecule has 2 fully saturated rings. The smallest absolute Gasteiger partial charge is 0.404 e. The van der Waals surface area contributed by atoms with Gasteiger partial charge in [-0.15, -0.1) is 0 Å². The van der Waals surface area contributed by atoms with Crippen molar-refractivity contribution >= 4 is 23.0 Å². The SMILES string of the molecule is CCc1[nH]ccc1-c1nc2cc(C(=O)N3C[C@H]4CC[C@@H]3[C@@H]4NC(=O)O)cc(OC)c2n1C. The second-order valence-electron chi connectivity index (χ2n) is 8.60. The largest absolute Gasteiger partial charge is 0.494 e. The maximum Gasteiger partial charge on any atom is 0.404 e. The number of H-pyrrole nitrogens is 1. The molecule has 1 saturated carbocycles. The monoisotopic (exact) mass is 437 g/mol. The minimum atomic E-state index is -1.04. The van der Waals surface area contributed by atoms with Crippen molar-refractivity contribution in [2.75, 3.05) is 13.7 Å². The molecule has 2 aromatic heterocycles. The van der Waals surface area contributed by atoms with E-state index in [9.17, 15) is 9.59 Å². The quantitative estimate of drug-likeness (QED) is 0.568. The van der Waals surface area contributed by atoms with Crippen LogP contribution in [0.15, 0.2) is 24.4 Å². The van der Waals surface area contributed by atoms with Gasteiger partial charge in [0.25, 0.3) is 5.91 Å². The number of benzene rings is 1. The molecule has 2 amide bonds. The number of likely N-dealkylation sites (tertiary alicyclic amines) is 1. The Hall–Kier alpha value is -3.49. The summed E-state index contributed by atoms with van der Waals surface area (Å²) in [5, 5.41) is 11.8. The molecule has 0 unspecified atom stereocenters. The van der Waals surface area contributed by atoms with E-state index in [-0.39, 0.29) is 23.9 Å². The van der Waals surface area contributed by atoms with E-state index in [4.69, 9.17) is 14.8 Å². The average molecular weight is 438 g/mol. The Morgan fingerprint density at radius 2 is 2.16 bits per heavy atom. The van der Waals surface area contributed by atoms with E-state index in [2.05, 4.69) is 17.2 Å². The van der Waals surface area contributed by atoms with Crippen molar-refractivity contribution in [2.45, 2.75) is 38.3 Å². The van der Waals surface area contributed by atoms with Gasteiger partial charge in [-0.25, -0.2) is 9.78 Å². The topological polar surface area (TPSA) is 112 Å². The number of nitrogens with zero attached hydrogens (tertiary/aromatic N) is 3. The van der Waals surface area contributed by atoms with Gasteiger partial charge < -0.3 is 29.6 Å². The third-order valence-corrected chi connectivity index (χ3v) is 6.97. The zero-order chi connectivity index (χ0) is 22.6. The van der Waals surface area contributed by atoms with Crippen molar-refractivity contribution in [1.82, 2.24) is 24.8 Å². The van der Waals surface area contributed by atoms with Crippen molar-refractivity contribution in [2.24, 2.45) is 13.0 Å². The van der Waals surface area contributed by atoms with Crippen LogP contribution in [-0.2, 0) is 13.5 Å². The maximum atomic E-state index is 13.5. The zero-order valence-electron chi connectivity index (χ0n) is 18.4. The van der Waals surface area contributed by atoms with Gasteiger partial charge in [-0.05, 0) is 43.4 Å². The molecule has 0 radical (unpaired) electrons. The molecule has 9 nitrogen and oxygen atoms in total. The van der Waals surface area contributed by atoms with Crippen molar-refractivity contribution in [1.29, 1.82) is 0 Å². The van der Waals surface area contributed by atoms with Gasteiger partial charge in [0.1, 0.15) is 17.1 Å². The molecule has 2 aliphatic rings. The van der Waals surface area contributed by atoms with Crippen molar-refractivity contribution in [3.63, 3.8) is 0 Å². The summed E-state index contributed by atoms with van der Waals surface area (Å²) in [6, 6.07) is 5.27. The molecular weight excluding hydrogens is 410 g/mol. The van der Waals surface area contributed by atoms with Crippen LogP contribution in [0.4, 0.5) is 4.79 Å². The molecule has 1 aliphatic heterocycles. The molecule has 1 aliphatic carbocycles. The van der Waals surface area contributed by atoms with Gasteiger partial charge in [0, 0.05) is 36.6 Å². The lowest BCUT2D eigenvalue weighted by atomic mass is 10.1. The molecule has 1 aromatic carbocycles. The number of imidazole rings is 1. The molecule has 3 heterocycles. The van der Waals surface area contributed by atoms with Gasteiger partial charge in [0.05, 0.1) is 24.7 Å². The number of nitrogens with one attached hydrogen (secondary N) is 2. The van der Waals surface area contributed by atoms with Crippen LogP contribution in [0.2, 0.25) is 0 Å². The van der Waals surface area contributed by atoms with Crippen LogP contribution < -0.4 is 10.1 Å². The fourth-order valence-electron chi connectivity index (χ4n) is 5.49. The molecule has 168 valence electrons. The summed E-state index contributed by atoms with van der Waals surface area (Å²) >= 11 is 0. The van der Waals surface area contributed by atoms with Gasteiger partial charge >= 0.3 is 6.09 Å². The number of amides is 2. The van der Waals surface area contributed by atoms with Crippen LogP contribution in [0.3, 0.4) is 0 Å². The highest BCUT2D eigenvalue weighted by Crippen LogP contribution is 2.40. The number of ether oxygens (including phenoxy) is 1. The van der Waals surface area contributed by atoms with Crippen LogP contribution in [0.5, 0.6) is 5.75 Å². The van der Waals surface area contributed by atoms with Crippen LogP contribution >= 0.6 is 0 Å². The summed E-state index contributed by atoms with van der Waals surface area (Å²) in [7, 11) is 3.54. The summed E-state index contributed by atoms with van der Waals surface area (Å²) in [6.07, 6.45) is 3.46. The summed E-state index contributed by atoms with van der Waals surface area (Å²) in [6.45, 7) is 2.65. The lowest BCUT2D eigenvalue weighted by Crippen LogP contribution is -2.45. The number of hydrogen-bond donors (Lipinski definition) is 3. The first-order valence-corrected chi connectivity index (χ1v) is 10.9. The third-order valence-electron chi connectivity index (χ3n) is 6.97. The Morgan fingerprint density at radius 3 is 2.88 bits per heavy atom. The number of aromatic nitrogens is 3. The second kappa shape index (κ2) is 7.58. The Bertz CT molecular complexity index is 1210. The molecule has 3 aromatic rings. The summed E-state index contributed by atoms with van der Waals surface area (Å²) in [5.74, 6) is 1.45. The van der Waals surface area contributed by atoms with E-state index in [1.54, 1.807) is 18.1 Å². The van der Waals surface area contributed by atoms with E-state index in [1.165, 1.54) is 0 Å². The van der Waals surface area contributed by atoms with Crippen LogP contribution in [-0.4, -0.2) is 62.3 Å². The Labute approximate surface area is 185 Å². The predicted octanol–water partition coefficient (Wildman–Crippen LogP) is 3.01. The number of hydrogen-bond acceptors (Lipinski definition) is 4. The van der Waals surface area contributed by atoms with Crippen LogP contribution in [0, 0.1) is 5.92 Å². The fraction of sp³-hybridized carbons (Fsp3) is 0.435. The molecule has 9 heteroatoms. The number of piperidine rings is 1. The Morgan fingerprint density at radius 1 is 1.34 bits per heavy atom. The van der Waals surface area contributed by atoms with E-state index in [1.807, 2.05) is 29.9 Å². The van der Waals surface area contributed by atoms with E-state index < -0.39 is 6.09 Å². The molecule has 1 saturated heterocycles. The number of methoxy groups -OCH3 is 1. The van der Waals surface area contributed by atoms with Gasteiger partial charge in [-0.1, -0.05) is 6.92 Å². The highest BCUT2D eigenvalue weighted by molar-refractivity contribution is 6.00. The standard InChI is InChI=1S/C23H27N5O4/c1-4-15-14(7-8-24-15)21-25-16-9-13(10-18(32-3)20(16)27(21)2)22(29)28-11-12-5-6-17(28)19(12)26-23(30)31/h7-10,12,17,19,24,26H,4-6,11H2,1-3H3,(H,30,31)/t12-,17-,19-/m1/s1. The number of carboxylic acid groups (broad SMARTS) is 1. The third kappa shape index (κ3) is 3.03. The molecule has 3 atom stereocenters. The minimum absolute atomic E-state index is 0.113. The Kier molecular flexibility index (Phi) is 4.83. The highest BCUT2D eigenvalue weighted by atomic mass is 16.5. The zero-order valence-corrected chi connectivity index (χ0v) is 18.4. The predicted molar refractivity (Wildman–Crippen MR) is 119 cm³/mol. The number of fused-ring (bicyclic) bond motifs is 3. The lowest BCUT2D eigenvalue weighted by molar-refractivity contribution is 0.0697. The summed E-state index contributed by atoms with van der Waals surface area (Å²) in [4.78, 5) is 34.6. The van der Waals surface area contributed by atoms with Crippen molar-refractivity contribution < 1.29 is 19.4 Å². The van der Waals surface area contributed by atoms with Crippen molar-refractivity contribution in [3.05, 3.63) is 35.7 Å². The van der Waals surface area contributed by atoms with Crippen molar-refractivity contribution in [3.8, 4) is 17.1 Å². The van der Waals surface area contributed by atoms with Gasteiger partial charge in [0.15, 0.2) is 0 Å². The molecule has 32 heavy (non-hydrogen) atoms. The number of aryl methyl sites for hydroxylation is 2. The summed E-state index contributed by atoms with van der Waals surface area (Å²) in [5.41, 5.74) is 4.16.